The minimum absolute atomic E-state index is 0.0678. The Morgan fingerprint density at radius 2 is 2.05 bits per heavy atom. The average molecular weight is 273 g/mol. The van der Waals surface area contributed by atoms with E-state index < -0.39 is 0 Å². The van der Waals surface area contributed by atoms with Crippen molar-refractivity contribution in [3.05, 3.63) is 46.3 Å². The Kier molecular flexibility index (Phi) is 4.56. The van der Waals surface area contributed by atoms with Crippen molar-refractivity contribution in [2.75, 3.05) is 6.54 Å². The number of carbonyl (C=O) groups is 1. The van der Waals surface area contributed by atoms with Crippen LogP contribution in [-0.4, -0.2) is 12.5 Å². The molecule has 0 fully saturated rings. The van der Waals surface area contributed by atoms with Gasteiger partial charge in [-0.05, 0) is 30.9 Å². The number of fused-ring (bicyclic) bond motifs is 1. The maximum absolute atomic E-state index is 11.9. The topological polar surface area (TPSA) is 59.3 Å². The van der Waals surface area contributed by atoms with Crippen LogP contribution in [0.1, 0.15) is 37.2 Å². The molecule has 0 radical (unpaired) electrons. The molecule has 20 heavy (non-hydrogen) atoms. The van der Waals surface area contributed by atoms with E-state index in [-0.39, 0.29) is 17.1 Å². The molecule has 4 nitrogen and oxygen atoms in total. The third-order valence-electron chi connectivity index (χ3n) is 3.10. The molecule has 0 unspecified atom stereocenters. The predicted molar refractivity (Wildman–Crippen MR) is 78.9 cm³/mol. The summed E-state index contributed by atoms with van der Waals surface area (Å²) < 4.78 is 5.47. The monoisotopic (exact) mass is 273 g/mol. The predicted octanol–water partition coefficient (Wildman–Crippen LogP) is 2.96. The average Bonchev–Trinajstić information content (AvgIpc) is 2.43. The van der Waals surface area contributed by atoms with E-state index in [1.165, 1.54) is 6.07 Å². The molecule has 0 aliphatic carbocycles. The fraction of sp³-hybridized carbons (Fsp3) is 0.375. The molecule has 1 heterocycles. The van der Waals surface area contributed by atoms with Crippen molar-refractivity contribution in [2.24, 2.45) is 5.92 Å². The normalized spacial score (nSPS) is 10.9. The zero-order valence-corrected chi connectivity index (χ0v) is 11.8. The third-order valence-corrected chi connectivity index (χ3v) is 3.10. The summed E-state index contributed by atoms with van der Waals surface area (Å²) in [6, 6.07) is 8.17. The summed E-state index contributed by atoms with van der Waals surface area (Å²) in [5.74, 6) is 0.348. The molecule has 0 spiro atoms. The molecule has 0 bridgehead atoms. The number of rotatable bonds is 5. The van der Waals surface area contributed by atoms with E-state index in [0.717, 1.165) is 12.8 Å². The first-order valence-corrected chi connectivity index (χ1v) is 6.89. The maximum atomic E-state index is 11.9. The second-order valence-corrected chi connectivity index (χ2v) is 5.26. The molecule has 1 amide bonds. The zero-order valence-electron chi connectivity index (χ0n) is 11.8. The Bertz CT molecular complexity index is 658. The van der Waals surface area contributed by atoms with E-state index in [9.17, 15) is 9.59 Å². The summed E-state index contributed by atoms with van der Waals surface area (Å²) in [6.45, 7) is 4.88. The Morgan fingerprint density at radius 3 is 2.80 bits per heavy atom. The fourth-order valence-electron chi connectivity index (χ4n) is 2.02. The molecule has 106 valence electrons. The van der Waals surface area contributed by atoms with Gasteiger partial charge >= 0.3 is 0 Å². The lowest BCUT2D eigenvalue weighted by molar-refractivity contribution is 0.0925. The van der Waals surface area contributed by atoms with E-state index in [1.807, 2.05) is 0 Å². The first-order valence-electron chi connectivity index (χ1n) is 6.89. The molecule has 1 N–H and O–H groups in total. The molecule has 1 aromatic carbocycles. The number of para-hydroxylation sites is 1. The number of hydrogen-bond acceptors (Lipinski definition) is 3. The maximum Gasteiger partial charge on any atom is 0.287 e. The van der Waals surface area contributed by atoms with E-state index in [1.54, 1.807) is 24.3 Å². The van der Waals surface area contributed by atoms with Crippen LogP contribution in [0.15, 0.2) is 39.5 Å². The highest BCUT2D eigenvalue weighted by atomic mass is 16.3. The lowest BCUT2D eigenvalue weighted by atomic mass is 10.1. The molecular formula is C16H19NO3. The number of amides is 1. The summed E-state index contributed by atoms with van der Waals surface area (Å²) in [4.78, 5) is 23.8. The largest absolute Gasteiger partial charge is 0.451 e. The van der Waals surface area contributed by atoms with E-state index in [4.69, 9.17) is 4.42 Å². The van der Waals surface area contributed by atoms with Crippen LogP contribution in [0.3, 0.4) is 0 Å². The molecular weight excluding hydrogens is 254 g/mol. The number of carbonyl (C=O) groups excluding carboxylic acids is 1. The molecule has 2 rings (SSSR count). The highest BCUT2D eigenvalue weighted by Crippen LogP contribution is 2.11. The van der Waals surface area contributed by atoms with Crippen molar-refractivity contribution < 1.29 is 9.21 Å². The Labute approximate surface area is 117 Å². The quantitative estimate of drug-likeness (QED) is 0.852. The van der Waals surface area contributed by atoms with E-state index in [0.29, 0.717) is 23.4 Å². The summed E-state index contributed by atoms with van der Waals surface area (Å²) in [5.41, 5.74) is 0.242. The van der Waals surface area contributed by atoms with Gasteiger partial charge in [0.2, 0.25) is 0 Å². The van der Waals surface area contributed by atoms with Gasteiger partial charge in [0.05, 0.1) is 5.39 Å². The van der Waals surface area contributed by atoms with Gasteiger partial charge in [0, 0.05) is 12.6 Å². The standard InChI is InChI=1S/C16H19NO3/c1-11(2)6-5-9-17-16(19)15-10-13(18)12-7-3-4-8-14(12)20-15/h3-4,7-8,10-11H,5-6,9H2,1-2H3,(H,17,19). The van der Waals surface area contributed by atoms with Gasteiger partial charge in [-0.2, -0.15) is 0 Å². The molecule has 2 aromatic rings. The van der Waals surface area contributed by atoms with Gasteiger partial charge in [-0.3, -0.25) is 9.59 Å². The molecule has 0 aliphatic rings. The van der Waals surface area contributed by atoms with Crippen molar-refractivity contribution >= 4 is 16.9 Å². The lowest BCUT2D eigenvalue weighted by Gasteiger charge is -2.06. The Hall–Kier alpha value is -2.10. The van der Waals surface area contributed by atoms with Crippen molar-refractivity contribution in [3.63, 3.8) is 0 Å². The van der Waals surface area contributed by atoms with Gasteiger partial charge in [0.1, 0.15) is 5.58 Å². The first kappa shape index (κ1) is 14.3. The molecule has 0 aliphatic heterocycles. The number of hydrogen-bond donors (Lipinski definition) is 1. The summed E-state index contributed by atoms with van der Waals surface area (Å²) in [5, 5.41) is 3.26. The first-order chi connectivity index (χ1) is 9.58. The van der Waals surface area contributed by atoms with Crippen LogP contribution in [0, 0.1) is 5.92 Å². The van der Waals surface area contributed by atoms with Crippen molar-refractivity contribution in [1.29, 1.82) is 0 Å². The second kappa shape index (κ2) is 6.37. The van der Waals surface area contributed by atoms with Crippen LogP contribution >= 0.6 is 0 Å². The summed E-state index contributed by atoms with van der Waals surface area (Å²) in [6.07, 6.45) is 1.98. The molecule has 0 saturated carbocycles. The van der Waals surface area contributed by atoms with Gasteiger partial charge in [-0.25, -0.2) is 0 Å². The molecule has 4 heteroatoms. The Balaban J connectivity index is 2.09. The SMILES string of the molecule is CC(C)CCCNC(=O)c1cc(=O)c2ccccc2o1. The van der Waals surface area contributed by atoms with Gasteiger partial charge in [0.15, 0.2) is 11.2 Å². The van der Waals surface area contributed by atoms with E-state index in [2.05, 4.69) is 19.2 Å². The number of nitrogens with one attached hydrogen (secondary N) is 1. The van der Waals surface area contributed by atoms with Gasteiger partial charge in [0.25, 0.3) is 5.91 Å². The highest BCUT2D eigenvalue weighted by molar-refractivity contribution is 5.93. The number of benzene rings is 1. The van der Waals surface area contributed by atoms with Crippen molar-refractivity contribution in [2.45, 2.75) is 26.7 Å². The van der Waals surface area contributed by atoms with Crippen LogP contribution < -0.4 is 10.7 Å². The molecule has 0 atom stereocenters. The van der Waals surface area contributed by atoms with E-state index >= 15 is 0 Å². The van der Waals surface area contributed by atoms with Gasteiger partial charge < -0.3 is 9.73 Å². The van der Waals surface area contributed by atoms with Crippen LogP contribution in [0.4, 0.5) is 0 Å². The van der Waals surface area contributed by atoms with Crippen LogP contribution in [0.25, 0.3) is 11.0 Å². The van der Waals surface area contributed by atoms with Crippen molar-refractivity contribution in [3.8, 4) is 0 Å². The summed E-state index contributed by atoms with van der Waals surface area (Å²) >= 11 is 0. The van der Waals surface area contributed by atoms with Gasteiger partial charge in [-0.15, -0.1) is 0 Å². The summed E-state index contributed by atoms with van der Waals surface area (Å²) in [7, 11) is 0. The minimum Gasteiger partial charge on any atom is -0.451 e. The second-order valence-electron chi connectivity index (χ2n) is 5.26. The zero-order chi connectivity index (χ0) is 14.5. The highest BCUT2D eigenvalue weighted by Gasteiger charge is 2.11. The van der Waals surface area contributed by atoms with Crippen LogP contribution in [0.5, 0.6) is 0 Å². The van der Waals surface area contributed by atoms with Crippen LogP contribution in [-0.2, 0) is 0 Å². The van der Waals surface area contributed by atoms with Crippen molar-refractivity contribution in [1.82, 2.24) is 5.32 Å². The van der Waals surface area contributed by atoms with Crippen LogP contribution in [0.2, 0.25) is 0 Å². The fourth-order valence-corrected chi connectivity index (χ4v) is 2.02. The molecule has 1 aromatic heterocycles. The smallest absolute Gasteiger partial charge is 0.287 e. The third kappa shape index (κ3) is 3.47. The molecule has 0 saturated heterocycles. The lowest BCUT2D eigenvalue weighted by Crippen LogP contribution is -2.25. The van der Waals surface area contributed by atoms with Gasteiger partial charge in [-0.1, -0.05) is 26.0 Å². The Morgan fingerprint density at radius 1 is 1.30 bits per heavy atom. The minimum atomic E-state index is -0.336.